The quantitative estimate of drug-likeness (QED) is 0.699. The summed E-state index contributed by atoms with van der Waals surface area (Å²) in [6.07, 6.45) is 0.769. The van der Waals surface area contributed by atoms with Crippen LogP contribution in [-0.2, 0) is 6.42 Å². The number of amides is 2. The van der Waals surface area contributed by atoms with Crippen LogP contribution >= 0.6 is 0 Å². The van der Waals surface area contributed by atoms with Crippen LogP contribution in [0.1, 0.15) is 12.7 Å². The van der Waals surface area contributed by atoms with E-state index < -0.39 is 0 Å². The van der Waals surface area contributed by atoms with Crippen LogP contribution in [0.15, 0.2) is 0 Å². The molecule has 0 bridgehead atoms. The topological polar surface area (TPSA) is 73.9 Å². The largest absolute Gasteiger partial charge is 0.331 e. The molecule has 0 unspecified atom stereocenters. The highest BCUT2D eigenvalue weighted by Gasteiger charge is 2.07. The molecule has 13 heavy (non-hydrogen) atoms. The molecule has 0 radical (unpaired) electrons. The Morgan fingerprint density at radius 2 is 2.31 bits per heavy atom. The first-order valence-electron chi connectivity index (χ1n) is 4.03. The van der Waals surface area contributed by atoms with E-state index in [0.717, 1.165) is 12.2 Å². The molecule has 1 aromatic rings. The van der Waals surface area contributed by atoms with Crippen LogP contribution in [0.2, 0.25) is 0 Å². The molecule has 1 rings (SSSR count). The maximum absolute atomic E-state index is 11.1. The summed E-state index contributed by atoms with van der Waals surface area (Å²) in [5.74, 6) is 1.07. The van der Waals surface area contributed by atoms with Crippen molar-refractivity contribution in [3.63, 3.8) is 0 Å². The van der Waals surface area contributed by atoms with Crippen LogP contribution in [0, 0.1) is 0 Å². The molecule has 0 aliphatic heterocycles. The van der Waals surface area contributed by atoms with E-state index in [0.29, 0.717) is 5.95 Å². The van der Waals surface area contributed by atoms with Gasteiger partial charge in [0.1, 0.15) is 5.82 Å². The molecule has 6 heteroatoms. The molecule has 0 fully saturated rings. The van der Waals surface area contributed by atoms with E-state index in [1.165, 1.54) is 4.90 Å². The van der Waals surface area contributed by atoms with E-state index in [-0.39, 0.29) is 6.03 Å². The van der Waals surface area contributed by atoms with Crippen molar-refractivity contribution in [1.82, 2.24) is 20.1 Å². The molecule has 0 spiro atoms. The number of anilines is 1. The molecule has 2 N–H and O–H groups in total. The maximum atomic E-state index is 11.1. The van der Waals surface area contributed by atoms with Crippen molar-refractivity contribution in [2.75, 3.05) is 19.4 Å². The fraction of sp³-hybridized carbons (Fsp3) is 0.571. The average Bonchev–Trinajstić information content (AvgIpc) is 2.52. The van der Waals surface area contributed by atoms with Gasteiger partial charge >= 0.3 is 6.03 Å². The molecule has 0 aromatic carbocycles. The number of aromatic nitrogens is 3. The summed E-state index contributed by atoms with van der Waals surface area (Å²) in [7, 11) is 3.31. The summed E-state index contributed by atoms with van der Waals surface area (Å²) < 4.78 is 0. The van der Waals surface area contributed by atoms with Gasteiger partial charge in [-0.25, -0.2) is 4.79 Å². The normalized spacial score (nSPS) is 9.77. The number of carbonyl (C=O) groups excluding carboxylic acids is 1. The molecule has 1 aromatic heterocycles. The second-order valence-electron chi connectivity index (χ2n) is 2.78. The summed E-state index contributed by atoms with van der Waals surface area (Å²) >= 11 is 0. The predicted molar refractivity (Wildman–Crippen MR) is 48.5 cm³/mol. The molecule has 0 aliphatic carbocycles. The zero-order valence-electron chi connectivity index (χ0n) is 7.96. The molecular weight excluding hydrogens is 170 g/mol. The molecule has 0 saturated heterocycles. The highest BCUT2D eigenvalue weighted by atomic mass is 16.2. The number of rotatable bonds is 2. The lowest BCUT2D eigenvalue weighted by molar-refractivity contribution is 0.230. The third-order valence-corrected chi connectivity index (χ3v) is 1.49. The Kier molecular flexibility index (Phi) is 2.84. The molecular formula is C7H13N5O. The van der Waals surface area contributed by atoms with Gasteiger partial charge in [0.25, 0.3) is 0 Å². The van der Waals surface area contributed by atoms with Crippen molar-refractivity contribution in [2.45, 2.75) is 13.3 Å². The molecule has 0 saturated carbocycles. The summed E-state index contributed by atoms with van der Waals surface area (Å²) in [4.78, 5) is 16.6. The Hall–Kier alpha value is -1.59. The Bertz CT molecular complexity index is 293. The van der Waals surface area contributed by atoms with Crippen LogP contribution in [0.3, 0.4) is 0 Å². The average molecular weight is 183 g/mol. The van der Waals surface area contributed by atoms with E-state index >= 15 is 0 Å². The van der Waals surface area contributed by atoms with Crippen LogP contribution in [0.5, 0.6) is 0 Å². The first-order chi connectivity index (χ1) is 6.13. The first-order valence-corrected chi connectivity index (χ1v) is 4.03. The first kappa shape index (κ1) is 9.50. The van der Waals surface area contributed by atoms with Crippen LogP contribution in [-0.4, -0.2) is 40.2 Å². The van der Waals surface area contributed by atoms with Crippen molar-refractivity contribution in [2.24, 2.45) is 0 Å². The number of hydrogen-bond donors (Lipinski definition) is 2. The van der Waals surface area contributed by atoms with Gasteiger partial charge in [-0.3, -0.25) is 10.4 Å². The number of nitrogens with one attached hydrogen (secondary N) is 2. The number of H-pyrrole nitrogens is 1. The van der Waals surface area contributed by atoms with Gasteiger partial charge in [-0.2, -0.15) is 4.98 Å². The standard InChI is InChI=1S/C7H13N5O/c1-4-5-8-6(11-10-5)9-7(13)12(2)3/h4H2,1-3H3,(H2,8,9,10,11,13). The summed E-state index contributed by atoms with van der Waals surface area (Å²) in [6.45, 7) is 1.96. The third-order valence-electron chi connectivity index (χ3n) is 1.49. The Morgan fingerprint density at radius 3 is 2.77 bits per heavy atom. The van der Waals surface area contributed by atoms with Crippen molar-refractivity contribution in [3.05, 3.63) is 5.82 Å². The zero-order valence-corrected chi connectivity index (χ0v) is 7.96. The van der Waals surface area contributed by atoms with Gasteiger partial charge in [-0.15, -0.1) is 5.10 Å². The Morgan fingerprint density at radius 1 is 1.62 bits per heavy atom. The Balaban J connectivity index is 2.59. The number of urea groups is 1. The number of aromatic amines is 1. The van der Waals surface area contributed by atoms with Gasteiger partial charge in [-0.1, -0.05) is 6.92 Å². The lowest BCUT2D eigenvalue weighted by Crippen LogP contribution is -2.27. The lowest BCUT2D eigenvalue weighted by atomic mass is 10.5. The number of carbonyl (C=O) groups is 1. The van der Waals surface area contributed by atoms with Crippen molar-refractivity contribution < 1.29 is 4.79 Å². The van der Waals surface area contributed by atoms with Crippen LogP contribution in [0.25, 0.3) is 0 Å². The predicted octanol–water partition coefficient (Wildman–Crippen LogP) is 0.461. The van der Waals surface area contributed by atoms with E-state index in [1.807, 2.05) is 6.92 Å². The third kappa shape index (κ3) is 2.43. The van der Waals surface area contributed by atoms with E-state index in [4.69, 9.17) is 0 Å². The summed E-state index contributed by atoms with van der Waals surface area (Å²) in [5.41, 5.74) is 0. The fourth-order valence-corrected chi connectivity index (χ4v) is 0.717. The molecule has 1 heterocycles. The number of aryl methyl sites for hydroxylation is 1. The highest BCUT2D eigenvalue weighted by Crippen LogP contribution is 1.99. The van der Waals surface area contributed by atoms with Crippen LogP contribution in [0.4, 0.5) is 10.7 Å². The molecule has 72 valence electrons. The van der Waals surface area contributed by atoms with Gasteiger partial charge < -0.3 is 4.90 Å². The molecule has 6 nitrogen and oxygen atoms in total. The maximum Gasteiger partial charge on any atom is 0.323 e. The minimum Gasteiger partial charge on any atom is -0.331 e. The van der Waals surface area contributed by atoms with Gasteiger partial charge in [-0.05, 0) is 0 Å². The van der Waals surface area contributed by atoms with E-state index in [2.05, 4.69) is 20.5 Å². The van der Waals surface area contributed by atoms with Gasteiger partial charge in [0.2, 0.25) is 5.95 Å². The molecule has 0 atom stereocenters. The summed E-state index contributed by atoms with van der Waals surface area (Å²) in [5, 5.41) is 9.05. The highest BCUT2D eigenvalue weighted by molar-refractivity contribution is 5.86. The molecule has 0 aliphatic rings. The summed E-state index contributed by atoms with van der Waals surface area (Å²) in [6, 6.07) is -0.235. The second kappa shape index (κ2) is 3.88. The van der Waals surface area contributed by atoms with Gasteiger partial charge in [0.15, 0.2) is 0 Å². The van der Waals surface area contributed by atoms with Gasteiger partial charge in [0, 0.05) is 20.5 Å². The van der Waals surface area contributed by atoms with Crippen molar-refractivity contribution >= 4 is 12.0 Å². The van der Waals surface area contributed by atoms with E-state index in [9.17, 15) is 4.79 Å². The monoisotopic (exact) mass is 183 g/mol. The number of nitrogens with zero attached hydrogens (tertiary/aromatic N) is 3. The lowest BCUT2D eigenvalue weighted by Gasteiger charge is -2.08. The zero-order chi connectivity index (χ0) is 9.84. The minimum atomic E-state index is -0.235. The Labute approximate surface area is 76.3 Å². The van der Waals surface area contributed by atoms with Crippen molar-refractivity contribution in [1.29, 1.82) is 0 Å². The smallest absolute Gasteiger partial charge is 0.323 e. The SMILES string of the molecule is CCc1nc(NC(=O)N(C)C)n[nH]1. The minimum absolute atomic E-state index is 0.235. The van der Waals surface area contributed by atoms with Gasteiger partial charge in [0.05, 0.1) is 0 Å². The second-order valence-corrected chi connectivity index (χ2v) is 2.78. The van der Waals surface area contributed by atoms with Crippen LogP contribution < -0.4 is 5.32 Å². The molecule has 2 amide bonds. The fourth-order valence-electron chi connectivity index (χ4n) is 0.717. The van der Waals surface area contributed by atoms with E-state index in [1.54, 1.807) is 14.1 Å². The van der Waals surface area contributed by atoms with Crippen molar-refractivity contribution in [3.8, 4) is 0 Å². The number of hydrogen-bond acceptors (Lipinski definition) is 3.